The molecule has 1 aromatic heterocycles. The molecule has 1 saturated carbocycles. The van der Waals surface area contributed by atoms with Gasteiger partial charge in [-0.2, -0.15) is 0 Å². The summed E-state index contributed by atoms with van der Waals surface area (Å²) in [5, 5.41) is 10.5. The normalized spacial score (nSPS) is 23.5. The zero-order chi connectivity index (χ0) is 14.7. The van der Waals surface area contributed by atoms with Gasteiger partial charge >= 0.3 is 0 Å². The van der Waals surface area contributed by atoms with E-state index in [1.807, 2.05) is 12.4 Å². The Morgan fingerprint density at radius 2 is 1.76 bits per heavy atom. The molecule has 2 atom stereocenters. The molecular weight excluding hydrogens is 260 g/mol. The van der Waals surface area contributed by atoms with Crippen molar-refractivity contribution in [3.05, 3.63) is 42.2 Å². The molecule has 0 saturated heterocycles. The van der Waals surface area contributed by atoms with Crippen molar-refractivity contribution < 1.29 is 5.11 Å². The molecule has 0 unspecified atom stereocenters. The lowest BCUT2D eigenvalue weighted by molar-refractivity contribution is 0.0894. The van der Waals surface area contributed by atoms with Crippen LogP contribution in [0, 0.1) is 6.92 Å². The number of aryl methyl sites for hydroxylation is 1. The lowest BCUT2D eigenvalue weighted by Crippen LogP contribution is -2.25. The first-order chi connectivity index (χ1) is 10.3. The van der Waals surface area contributed by atoms with Crippen LogP contribution >= 0.6 is 0 Å². The van der Waals surface area contributed by atoms with Crippen molar-refractivity contribution in [2.45, 2.75) is 57.6 Å². The number of hydrogen-bond donors (Lipinski definition) is 1. The Hall–Kier alpha value is -1.61. The minimum absolute atomic E-state index is 0.157. The Bertz CT molecular complexity index is 573. The van der Waals surface area contributed by atoms with Crippen LogP contribution in [-0.2, 0) is 0 Å². The standard InChI is InChI=1S/C18H24N2O/c1-14-8-10-15(11-9-14)18-19-12-13-20(18)16-6-4-2-3-5-7-17(16)21/h8-13,16-17,21H,2-7H2,1H3/t16-,17-/m1/s1. The van der Waals surface area contributed by atoms with Gasteiger partial charge in [0.25, 0.3) is 0 Å². The summed E-state index contributed by atoms with van der Waals surface area (Å²) < 4.78 is 2.18. The topological polar surface area (TPSA) is 38.0 Å². The summed E-state index contributed by atoms with van der Waals surface area (Å²) in [4.78, 5) is 4.53. The quantitative estimate of drug-likeness (QED) is 0.901. The zero-order valence-electron chi connectivity index (χ0n) is 12.7. The second-order valence-corrected chi connectivity index (χ2v) is 6.15. The fourth-order valence-corrected chi connectivity index (χ4v) is 3.28. The first-order valence-corrected chi connectivity index (χ1v) is 8.03. The van der Waals surface area contributed by atoms with Crippen LogP contribution in [0.4, 0.5) is 0 Å². The molecule has 0 aliphatic heterocycles. The van der Waals surface area contributed by atoms with Crippen molar-refractivity contribution >= 4 is 0 Å². The summed E-state index contributed by atoms with van der Waals surface area (Å²) in [7, 11) is 0. The number of aliphatic hydroxyl groups is 1. The predicted molar refractivity (Wildman–Crippen MR) is 85.1 cm³/mol. The van der Waals surface area contributed by atoms with Crippen molar-refractivity contribution in [3.8, 4) is 11.4 Å². The molecule has 1 heterocycles. The second-order valence-electron chi connectivity index (χ2n) is 6.15. The van der Waals surface area contributed by atoms with Gasteiger partial charge in [0.2, 0.25) is 0 Å². The van der Waals surface area contributed by atoms with Crippen LogP contribution in [0.25, 0.3) is 11.4 Å². The van der Waals surface area contributed by atoms with Crippen molar-refractivity contribution in [2.75, 3.05) is 0 Å². The van der Waals surface area contributed by atoms with Crippen LogP contribution in [-0.4, -0.2) is 20.8 Å². The summed E-state index contributed by atoms with van der Waals surface area (Å²) in [6.07, 6.45) is 10.4. The van der Waals surface area contributed by atoms with Gasteiger partial charge in [0.15, 0.2) is 0 Å². The van der Waals surface area contributed by atoms with Gasteiger partial charge in [-0.3, -0.25) is 0 Å². The maximum Gasteiger partial charge on any atom is 0.140 e. The summed E-state index contributed by atoms with van der Waals surface area (Å²) >= 11 is 0. The first-order valence-electron chi connectivity index (χ1n) is 8.03. The third kappa shape index (κ3) is 3.18. The molecule has 0 amide bonds. The van der Waals surface area contributed by atoms with Crippen LogP contribution in [0.2, 0.25) is 0 Å². The van der Waals surface area contributed by atoms with Gasteiger partial charge in [-0.1, -0.05) is 55.5 Å². The number of imidazole rings is 1. The number of benzene rings is 1. The summed E-state index contributed by atoms with van der Waals surface area (Å²) in [6.45, 7) is 2.09. The van der Waals surface area contributed by atoms with Crippen LogP contribution in [0.1, 0.15) is 50.1 Å². The van der Waals surface area contributed by atoms with Gasteiger partial charge in [-0.25, -0.2) is 4.98 Å². The van der Waals surface area contributed by atoms with Gasteiger partial charge in [0.05, 0.1) is 12.1 Å². The summed E-state index contributed by atoms with van der Waals surface area (Å²) in [5.41, 5.74) is 2.38. The molecule has 3 nitrogen and oxygen atoms in total. The van der Waals surface area contributed by atoms with E-state index >= 15 is 0 Å². The molecule has 0 spiro atoms. The van der Waals surface area contributed by atoms with Crippen LogP contribution in [0.5, 0.6) is 0 Å². The Labute approximate surface area is 126 Å². The van der Waals surface area contributed by atoms with Crippen molar-refractivity contribution in [2.24, 2.45) is 0 Å². The highest BCUT2D eigenvalue weighted by molar-refractivity contribution is 5.56. The SMILES string of the molecule is Cc1ccc(-c2nccn2[C@@H]2CCCCCC[C@H]2O)cc1. The third-order valence-corrected chi connectivity index (χ3v) is 4.53. The van der Waals surface area contributed by atoms with Gasteiger partial charge in [-0.05, 0) is 19.8 Å². The van der Waals surface area contributed by atoms with Crippen LogP contribution < -0.4 is 0 Å². The Morgan fingerprint density at radius 1 is 1.05 bits per heavy atom. The number of rotatable bonds is 2. The molecule has 0 radical (unpaired) electrons. The number of nitrogens with zero attached hydrogens (tertiary/aromatic N) is 2. The monoisotopic (exact) mass is 284 g/mol. The lowest BCUT2D eigenvalue weighted by Gasteiger charge is -2.28. The summed E-state index contributed by atoms with van der Waals surface area (Å²) in [5.74, 6) is 0.972. The largest absolute Gasteiger partial charge is 0.391 e. The molecule has 1 aromatic carbocycles. The van der Waals surface area contributed by atoms with Crippen molar-refractivity contribution in [3.63, 3.8) is 0 Å². The Morgan fingerprint density at radius 3 is 2.52 bits per heavy atom. The smallest absolute Gasteiger partial charge is 0.140 e. The molecule has 21 heavy (non-hydrogen) atoms. The molecule has 3 rings (SSSR count). The second kappa shape index (κ2) is 6.44. The third-order valence-electron chi connectivity index (χ3n) is 4.53. The lowest BCUT2D eigenvalue weighted by atomic mass is 9.94. The maximum absolute atomic E-state index is 10.5. The fourth-order valence-electron chi connectivity index (χ4n) is 3.28. The van der Waals surface area contributed by atoms with E-state index in [1.54, 1.807) is 0 Å². The highest BCUT2D eigenvalue weighted by Crippen LogP contribution is 2.30. The minimum Gasteiger partial charge on any atom is -0.391 e. The average Bonchev–Trinajstić information content (AvgIpc) is 2.93. The number of hydrogen-bond acceptors (Lipinski definition) is 2. The van der Waals surface area contributed by atoms with E-state index in [9.17, 15) is 5.11 Å². The van der Waals surface area contributed by atoms with Gasteiger partial charge < -0.3 is 9.67 Å². The molecule has 0 bridgehead atoms. The Balaban J connectivity index is 1.91. The molecule has 1 fully saturated rings. The van der Waals surface area contributed by atoms with Crippen LogP contribution in [0.3, 0.4) is 0 Å². The number of aliphatic hydroxyl groups excluding tert-OH is 1. The minimum atomic E-state index is -0.260. The van der Waals surface area contributed by atoms with Gasteiger partial charge in [0.1, 0.15) is 5.82 Å². The average molecular weight is 284 g/mol. The van der Waals surface area contributed by atoms with E-state index < -0.39 is 0 Å². The van der Waals surface area contributed by atoms with E-state index in [2.05, 4.69) is 40.7 Å². The van der Waals surface area contributed by atoms with E-state index in [1.165, 1.54) is 24.8 Å². The maximum atomic E-state index is 10.5. The van der Waals surface area contributed by atoms with E-state index in [0.717, 1.165) is 30.7 Å². The zero-order valence-corrected chi connectivity index (χ0v) is 12.7. The van der Waals surface area contributed by atoms with E-state index in [0.29, 0.717) is 0 Å². The van der Waals surface area contributed by atoms with Crippen molar-refractivity contribution in [1.29, 1.82) is 0 Å². The van der Waals surface area contributed by atoms with E-state index in [-0.39, 0.29) is 12.1 Å². The first kappa shape index (κ1) is 14.3. The highest BCUT2D eigenvalue weighted by atomic mass is 16.3. The van der Waals surface area contributed by atoms with Gasteiger partial charge in [0, 0.05) is 18.0 Å². The Kier molecular flexibility index (Phi) is 4.39. The predicted octanol–water partition coefficient (Wildman–Crippen LogP) is 4.11. The van der Waals surface area contributed by atoms with Gasteiger partial charge in [-0.15, -0.1) is 0 Å². The highest BCUT2D eigenvalue weighted by Gasteiger charge is 2.24. The molecule has 2 aromatic rings. The number of aromatic nitrogens is 2. The van der Waals surface area contributed by atoms with Crippen LogP contribution in [0.15, 0.2) is 36.7 Å². The summed E-state index contributed by atoms with van der Waals surface area (Å²) in [6, 6.07) is 8.61. The van der Waals surface area contributed by atoms with E-state index in [4.69, 9.17) is 0 Å². The molecule has 1 aliphatic rings. The molecular formula is C18H24N2O. The molecule has 1 aliphatic carbocycles. The van der Waals surface area contributed by atoms with Crippen molar-refractivity contribution in [1.82, 2.24) is 9.55 Å². The molecule has 3 heteroatoms. The molecule has 112 valence electrons. The fraction of sp³-hybridized carbons (Fsp3) is 0.500. The molecule has 1 N–H and O–H groups in total.